The largest absolute Gasteiger partial charge is 0.395 e. The van der Waals surface area contributed by atoms with Crippen LogP contribution in [-0.4, -0.2) is 68.7 Å². The Morgan fingerprint density at radius 1 is 1.09 bits per heavy atom. The van der Waals surface area contributed by atoms with Crippen molar-refractivity contribution in [1.82, 2.24) is 9.21 Å². The van der Waals surface area contributed by atoms with Gasteiger partial charge in [0.15, 0.2) is 0 Å². The molecule has 2 aromatic rings. The zero-order chi connectivity index (χ0) is 23.9. The van der Waals surface area contributed by atoms with Crippen molar-refractivity contribution in [1.29, 1.82) is 0 Å². The third-order valence-corrected chi connectivity index (χ3v) is 7.84. The Balaban J connectivity index is 2.12. The van der Waals surface area contributed by atoms with Crippen LogP contribution in [0.2, 0.25) is 5.02 Å². The van der Waals surface area contributed by atoms with Crippen LogP contribution in [0.1, 0.15) is 19.4 Å². The number of hydrogen-bond acceptors (Lipinski definition) is 5. The molecule has 0 amide bonds. The standard InChI is InChI=1S/C23H32ClFN2O4S/c1-17(13-27(18(2)16-28)14-19-7-5-6-8-22(19)24)23(31-4)15-26(3)32(29,30)21-11-9-20(25)10-12-21/h5-12,17-18,23,28H,13-16H2,1-4H3/t17-,18-,23+/m1/s1. The summed E-state index contributed by atoms with van der Waals surface area (Å²) >= 11 is 6.32. The van der Waals surface area contributed by atoms with Crippen LogP contribution < -0.4 is 0 Å². The molecule has 2 rings (SSSR count). The number of likely N-dealkylation sites (N-methyl/N-ethyl adjacent to an activating group) is 1. The summed E-state index contributed by atoms with van der Waals surface area (Å²) in [6, 6.07) is 12.2. The van der Waals surface area contributed by atoms with E-state index in [0.29, 0.717) is 18.1 Å². The predicted octanol–water partition coefficient (Wildman–Crippen LogP) is 3.63. The van der Waals surface area contributed by atoms with Gasteiger partial charge in [-0.05, 0) is 48.7 Å². The molecule has 0 saturated carbocycles. The Morgan fingerprint density at radius 3 is 2.28 bits per heavy atom. The second kappa shape index (κ2) is 12.1. The molecule has 0 saturated heterocycles. The topological polar surface area (TPSA) is 70.1 Å². The van der Waals surface area contributed by atoms with Gasteiger partial charge in [0.25, 0.3) is 0 Å². The minimum atomic E-state index is -3.78. The summed E-state index contributed by atoms with van der Waals surface area (Å²) in [6.07, 6.45) is -0.394. The Morgan fingerprint density at radius 2 is 1.72 bits per heavy atom. The Bertz CT molecular complexity index is 959. The first-order valence-corrected chi connectivity index (χ1v) is 12.2. The molecule has 1 N–H and O–H groups in total. The molecular weight excluding hydrogens is 455 g/mol. The lowest BCUT2D eigenvalue weighted by molar-refractivity contribution is 0.0194. The Kier molecular flexibility index (Phi) is 10.1. The SMILES string of the molecule is CO[C@@H](CN(C)S(=O)(=O)c1ccc(F)cc1)[C@H](C)CN(Cc1ccccc1Cl)[C@H](C)CO. The highest BCUT2D eigenvalue weighted by Gasteiger charge is 2.28. The zero-order valence-electron chi connectivity index (χ0n) is 18.9. The van der Waals surface area contributed by atoms with Gasteiger partial charge in [0.1, 0.15) is 5.82 Å². The number of hydrogen-bond donors (Lipinski definition) is 1. The van der Waals surface area contributed by atoms with Gasteiger partial charge in [-0.15, -0.1) is 0 Å². The van der Waals surface area contributed by atoms with Crippen molar-refractivity contribution in [3.05, 3.63) is 64.9 Å². The highest BCUT2D eigenvalue weighted by molar-refractivity contribution is 7.89. The first-order valence-electron chi connectivity index (χ1n) is 10.4. The second-order valence-electron chi connectivity index (χ2n) is 8.04. The van der Waals surface area contributed by atoms with Crippen LogP contribution in [0, 0.1) is 11.7 Å². The molecule has 2 aromatic carbocycles. The van der Waals surface area contributed by atoms with Crippen LogP contribution >= 0.6 is 11.6 Å². The number of aliphatic hydroxyl groups excluding tert-OH is 1. The molecule has 6 nitrogen and oxygen atoms in total. The maximum atomic E-state index is 13.2. The molecule has 3 atom stereocenters. The summed E-state index contributed by atoms with van der Waals surface area (Å²) in [4.78, 5) is 2.13. The molecule has 0 radical (unpaired) electrons. The quantitative estimate of drug-likeness (QED) is 0.496. The van der Waals surface area contributed by atoms with E-state index in [1.807, 2.05) is 38.1 Å². The average molecular weight is 487 g/mol. The van der Waals surface area contributed by atoms with Gasteiger partial charge in [-0.2, -0.15) is 4.31 Å². The van der Waals surface area contributed by atoms with Crippen LogP contribution in [0.5, 0.6) is 0 Å². The van der Waals surface area contributed by atoms with Crippen molar-refractivity contribution in [3.8, 4) is 0 Å². The molecule has 0 bridgehead atoms. The molecule has 32 heavy (non-hydrogen) atoms. The monoisotopic (exact) mass is 486 g/mol. The van der Waals surface area contributed by atoms with E-state index in [9.17, 15) is 17.9 Å². The van der Waals surface area contributed by atoms with Gasteiger partial charge in [-0.1, -0.05) is 36.7 Å². The minimum absolute atomic E-state index is 0.0202. The van der Waals surface area contributed by atoms with Crippen LogP contribution in [0.4, 0.5) is 4.39 Å². The van der Waals surface area contributed by atoms with E-state index in [0.717, 1.165) is 17.7 Å². The van der Waals surface area contributed by atoms with Crippen molar-refractivity contribution in [2.75, 3.05) is 33.9 Å². The lowest BCUT2D eigenvalue weighted by Gasteiger charge is -2.34. The molecule has 0 spiro atoms. The number of ether oxygens (including phenoxy) is 1. The van der Waals surface area contributed by atoms with E-state index >= 15 is 0 Å². The van der Waals surface area contributed by atoms with Crippen LogP contribution in [0.15, 0.2) is 53.4 Å². The summed E-state index contributed by atoms with van der Waals surface area (Å²) in [5.41, 5.74) is 0.951. The van der Waals surface area contributed by atoms with Gasteiger partial charge in [0.05, 0.1) is 17.6 Å². The van der Waals surface area contributed by atoms with Crippen LogP contribution in [0.25, 0.3) is 0 Å². The van der Waals surface area contributed by atoms with Crippen molar-refractivity contribution in [3.63, 3.8) is 0 Å². The van der Waals surface area contributed by atoms with Gasteiger partial charge >= 0.3 is 0 Å². The maximum absolute atomic E-state index is 13.2. The fourth-order valence-electron chi connectivity index (χ4n) is 3.47. The van der Waals surface area contributed by atoms with Gasteiger partial charge in [0, 0.05) is 44.9 Å². The fraction of sp³-hybridized carbons (Fsp3) is 0.478. The summed E-state index contributed by atoms with van der Waals surface area (Å²) in [7, 11) is -0.752. The molecule has 0 aromatic heterocycles. The zero-order valence-corrected chi connectivity index (χ0v) is 20.5. The van der Waals surface area contributed by atoms with Gasteiger partial charge in [-0.25, -0.2) is 12.8 Å². The van der Waals surface area contributed by atoms with E-state index < -0.39 is 21.9 Å². The minimum Gasteiger partial charge on any atom is -0.395 e. The number of methoxy groups -OCH3 is 1. The number of sulfonamides is 1. The first-order chi connectivity index (χ1) is 15.1. The van der Waals surface area contributed by atoms with Crippen molar-refractivity contribution in [2.45, 2.75) is 37.4 Å². The van der Waals surface area contributed by atoms with E-state index in [1.165, 1.54) is 23.5 Å². The van der Waals surface area contributed by atoms with Crippen LogP contribution in [0.3, 0.4) is 0 Å². The van der Waals surface area contributed by atoms with Crippen molar-refractivity contribution >= 4 is 21.6 Å². The van der Waals surface area contributed by atoms with Gasteiger partial charge in [0.2, 0.25) is 10.0 Å². The summed E-state index contributed by atoms with van der Waals surface area (Å²) in [5, 5.41) is 10.4. The highest BCUT2D eigenvalue weighted by atomic mass is 35.5. The lowest BCUT2D eigenvalue weighted by Crippen LogP contribution is -2.44. The molecule has 0 heterocycles. The first kappa shape index (κ1) is 26.7. The summed E-state index contributed by atoms with van der Waals surface area (Å²) in [5.74, 6) is -0.547. The van der Waals surface area contributed by atoms with Gasteiger partial charge < -0.3 is 9.84 Å². The number of rotatable bonds is 12. The molecule has 0 aliphatic heterocycles. The third-order valence-electron chi connectivity index (χ3n) is 5.64. The predicted molar refractivity (Wildman–Crippen MR) is 125 cm³/mol. The van der Waals surface area contributed by atoms with Crippen LogP contribution in [-0.2, 0) is 21.3 Å². The normalized spacial score (nSPS) is 15.2. The molecule has 0 fully saturated rings. The van der Waals surface area contributed by atoms with Crippen molar-refractivity contribution in [2.24, 2.45) is 5.92 Å². The van der Waals surface area contributed by atoms with E-state index in [2.05, 4.69) is 4.90 Å². The Labute approximate surface area is 195 Å². The van der Waals surface area contributed by atoms with E-state index in [-0.39, 0.29) is 30.0 Å². The molecule has 9 heteroatoms. The summed E-state index contributed by atoms with van der Waals surface area (Å²) < 4.78 is 45.8. The maximum Gasteiger partial charge on any atom is 0.242 e. The summed E-state index contributed by atoms with van der Waals surface area (Å²) in [6.45, 7) is 5.13. The molecule has 178 valence electrons. The highest BCUT2D eigenvalue weighted by Crippen LogP contribution is 2.22. The van der Waals surface area contributed by atoms with E-state index in [1.54, 1.807) is 7.11 Å². The van der Waals surface area contributed by atoms with Gasteiger partial charge in [-0.3, -0.25) is 4.90 Å². The lowest BCUT2D eigenvalue weighted by atomic mass is 10.0. The fourth-order valence-corrected chi connectivity index (χ4v) is 4.85. The van der Waals surface area contributed by atoms with E-state index in [4.69, 9.17) is 16.3 Å². The number of halogens is 2. The molecular formula is C23H32ClFN2O4S. The smallest absolute Gasteiger partial charge is 0.242 e. The molecule has 0 aliphatic rings. The molecule has 0 unspecified atom stereocenters. The number of aliphatic hydroxyl groups is 1. The number of benzene rings is 2. The third kappa shape index (κ3) is 6.97. The molecule has 0 aliphatic carbocycles. The number of nitrogens with zero attached hydrogens (tertiary/aromatic N) is 2. The second-order valence-corrected chi connectivity index (χ2v) is 10.5. The van der Waals surface area contributed by atoms with Crippen molar-refractivity contribution < 1.29 is 22.7 Å². The average Bonchev–Trinajstić information content (AvgIpc) is 2.77. The Hall–Kier alpha value is -1.55.